The van der Waals surface area contributed by atoms with Crippen LogP contribution < -0.4 is 5.32 Å². The first-order valence-electron chi connectivity index (χ1n) is 7.05. The van der Waals surface area contributed by atoms with Crippen molar-refractivity contribution in [1.29, 1.82) is 0 Å². The number of rotatable bonds is 8. The molecule has 0 spiro atoms. The summed E-state index contributed by atoms with van der Waals surface area (Å²) >= 11 is 3.66. The van der Waals surface area contributed by atoms with Crippen LogP contribution in [0.25, 0.3) is 0 Å². The van der Waals surface area contributed by atoms with Crippen LogP contribution in [0.2, 0.25) is 0 Å². The highest BCUT2D eigenvalue weighted by Crippen LogP contribution is 2.20. The summed E-state index contributed by atoms with van der Waals surface area (Å²) < 4.78 is 0. The molecule has 0 saturated heterocycles. The quantitative estimate of drug-likeness (QED) is 0.755. The van der Waals surface area contributed by atoms with Gasteiger partial charge in [-0.3, -0.25) is 4.90 Å². The van der Waals surface area contributed by atoms with Crippen molar-refractivity contribution < 1.29 is 0 Å². The van der Waals surface area contributed by atoms with Gasteiger partial charge in [0.05, 0.1) is 11.2 Å². The second-order valence-corrected chi connectivity index (χ2v) is 7.27. The normalized spacial score (nSPS) is 11.4. The number of aromatic nitrogens is 1. The summed E-state index contributed by atoms with van der Waals surface area (Å²) in [5.41, 5.74) is 3.10. The van der Waals surface area contributed by atoms with Gasteiger partial charge >= 0.3 is 0 Å². The van der Waals surface area contributed by atoms with Gasteiger partial charge in [0.2, 0.25) is 0 Å². The van der Waals surface area contributed by atoms with E-state index >= 15 is 0 Å². The molecule has 0 atom stereocenters. The molecule has 2 aromatic rings. The molecule has 0 aliphatic carbocycles. The van der Waals surface area contributed by atoms with E-state index in [4.69, 9.17) is 0 Å². The predicted octanol–water partition coefficient (Wildman–Crippen LogP) is 3.64. The molecule has 0 bridgehead atoms. The number of hydrogen-bond donors (Lipinski definition) is 1. The Balaban J connectivity index is 1.82. The van der Waals surface area contributed by atoms with Crippen LogP contribution in [0.5, 0.6) is 0 Å². The van der Waals surface area contributed by atoms with E-state index in [9.17, 15) is 0 Å². The van der Waals surface area contributed by atoms with Crippen LogP contribution in [0.3, 0.4) is 0 Å². The first-order chi connectivity index (χ1) is 9.69. The number of nitrogens with one attached hydrogen (secondary N) is 1. The molecule has 2 heterocycles. The van der Waals surface area contributed by atoms with E-state index in [2.05, 4.69) is 48.2 Å². The number of hydrogen-bond acceptors (Lipinski definition) is 5. The smallest absolute Gasteiger partial charge is 0.0798 e. The number of thiazole rings is 1. The van der Waals surface area contributed by atoms with Crippen LogP contribution in [-0.4, -0.2) is 23.5 Å². The van der Waals surface area contributed by atoms with Gasteiger partial charge in [-0.15, -0.1) is 22.7 Å². The zero-order valence-corrected chi connectivity index (χ0v) is 14.1. The monoisotopic (exact) mass is 309 g/mol. The largest absolute Gasteiger partial charge is 0.312 e. The molecule has 0 unspecified atom stereocenters. The third kappa shape index (κ3) is 4.66. The number of thiophene rings is 1. The summed E-state index contributed by atoms with van der Waals surface area (Å²) in [5, 5.41) is 3.45. The third-order valence-corrected chi connectivity index (χ3v) is 5.12. The number of nitrogens with zero attached hydrogens (tertiary/aromatic N) is 2. The molecule has 0 aliphatic heterocycles. The minimum Gasteiger partial charge on any atom is -0.312 e. The Kier molecular flexibility index (Phi) is 6.16. The molecule has 20 heavy (non-hydrogen) atoms. The van der Waals surface area contributed by atoms with Crippen molar-refractivity contribution in [3.63, 3.8) is 0 Å². The van der Waals surface area contributed by atoms with E-state index in [1.165, 1.54) is 21.1 Å². The third-order valence-electron chi connectivity index (χ3n) is 3.13. The minimum absolute atomic E-state index is 0.984. The van der Waals surface area contributed by atoms with Crippen LogP contribution in [0.4, 0.5) is 0 Å². The molecule has 0 radical (unpaired) electrons. The molecule has 2 aromatic heterocycles. The molecule has 2 rings (SSSR count). The lowest BCUT2D eigenvalue weighted by Gasteiger charge is -2.14. The number of aryl methyl sites for hydroxylation is 1. The molecule has 0 aliphatic rings. The minimum atomic E-state index is 0.984. The fourth-order valence-electron chi connectivity index (χ4n) is 2.04. The highest BCUT2D eigenvalue weighted by Gasteiger charge is 2.08. The molecule has 5 heteroatoms. The van der Waals surface area contributed by atoms with Crippen molar-refractivity contribution >= 4 is 22.7 Å². The van der Waals surface area contributed by atoms with Crippen LogP contribution in [0.15, 0.2) is 17.6 Å². The lowest BCUT2D eigenvalue weighted by molar-refractivity contribution is 0.324. The fraction of sp³-hybridized carbons (Fsp3) is 0.533. The van der Waals surface area contributed by atoms with Gasteiger partial charge < -0.3 is 5.32 Å². The highest BCUT2D eigenvalue weighted by atomic mass is 32.1. The van der Waals surface area contributed by atoms with E-state index < -0.39 is 0 Å². The van der Waals surface area contributed by atoms with Gasteiger partial charge in [-0.05, 0) is 39.1 Å². The Bertz CT molecular complexity index is 519. The van der Waals surface area contributed by atoms with Crippen molar-refractivity contribution in [2.45, 2.75) is 39.9 Å². The van der Waals surface area contributed by atoms with Crippen LogP contribution in [0, 0.1) is 6.92 Å². The van der Waals surface area contributed by atoms with Crippen molar-refractivity contribution in [2.75, 3.05) is 13.6 Å². The predicted molar refractivity (Wildman–Crippen MR) is 88.3 cm³/mol. The second-order valence-electron chi connectivity index (χ2n) is 5.08. The zero-order valence-electron chi connectivity index (χ0n) is 12.5. The summed E-state index contributed by atoms with van der Waals surface area (Å²) in [6.45, 7) is 8.37. The standard InChI is InChI=1S/C15H23N3S2/c1-4-7-16-8-13-5-6-14(20-13)9-18(3)10-15-12(2)17-11-19-15/h5-6,11,16H,4,7-10H2,1-3H3. The zero-order chi connectivity index (χ0) is 14.4. The molecular formula is C15H23N3S2. The summed E-state index contributed by atoms with van der Waals surface area (Å²) in [5.74, 6) is 0. The molecule has 0 saturated carbocycles. The van der Waals surface area contributed by atoms with Gasteiger partial charge in [0.25, 0.3) is 0 Å². The van der Waals surface area contributed by atoms with Crippen LogP contribution >= 0.6 is 22.7 Å². The van der Waals surface area contributed by atoms with E-state index in [-0.39, 0.29) is 0 Å². The Morgan fingerprint density at radius 3 is 2.75 bits per heavy atom. The Morgan fingerprint density at radius 1 is 1.25 bits per heavy atom. The first kappa shape index (κ1) is 15.6. The maximum atomic E-state index is 4.31. The maximum Gasteiger partial charge on any atom is 0.0798 e. The van der Waals surface area contributed by atoms with Crippen LogP contribution in [0.1, 0.15) is 33.7 Å². The summed E-state index contributed by atoms with van der Waals surface area (Å²) in [4.78, 5) is 10.9. The van der Waals surface area contributed by atoms with Gasteiger partial charge in [-0.1, -0.05) is 6.92 Å². The lowest BCUT2D eigenvalue weighted by atomic mass is 10.3. The van der Waals surface area contributed by atoms with E-state index in [1.54, 1.807) is 11.3 Å². The van der Waals surface area contributed by atoms with Crippen LogP contribution in [-0.2, 0) is 19.6 Å². The van der Waals surface area contributed by atoms with Gasteiger partial charge in [0.15, 0.2) is 0 Å². The van der Waals surface area contributed by atoms with Crippen molar-refractivity contribution in [1.82, 2.24) is 15.2 Å². The van der Waals surface area contributed by atoms with Gasteiger partial charge in [0.1, 0.15) is 0 Å². The van der Waals surface area contributed by atoms with Crippen molar-refractivity contribution in [3.8, 4) is 0 Å². The fourth-order valence-corrected chi connectivity index (χ4v) is 3.96. The first-order valence-corrected chi connectivity index (χ1v) is 8.74. The van der Waals surface area contributed by atoms with E-state index in [1.807, 2.05) is 16.8 Å². The highest BCUT2D eigenvalue weighted by molar-refractivity contribution is 7.12. The molecule has 0 fully saturated rings. The molecule has 1 N–H and O–H groups in total. The molecule has 0 amide bonds. The van der Waals surface area contributed by atoms with E-state index in [0.29, 0.717) is 0 Å². The topological polar surface area (TPSA) is 28.2 Å². The molecule has 0 aromatic carbocycles. The Morgan fingerprint density at radius 2 is 2.05 bits per heavy atom. The van der Waals surface area contributed by atoms with Crippen molar-refractivity contribution in [2.24, 2.45) is 0 Å². The van der Waals surface area contributed by atoms with Crippen molar-refractivity contribution in [3.05, 3.63) is 38.0 Å². The van der Waals surface area contributed by atoms with E-state index in [0.717, 1.165) is 31.9 Å². The van der Waals surface area contributed by atoms with Gasteiger partial charge in [-0.25, -0.2) is 4.98 Å². The Hall–Kier alpha value is -0.750. The lowest BCUT2D eigenvalue weighted by Crippen LogP contribution is -2.16. The molecule has 110 valence electrons. The Labute approximate surface area is 129 Å². The summed E-state index contributed by atoms with van der Waals surface area (Å²) in [6, 6.07) is 4.50. The summed E-state index contributed by atoms with van der Waals surface area (Å²) in [7, 11) is 2.17. The maximum absolute atomic E-state index is 4.31. The SMILES string of the molecule is CCCNCc1ccc(CN(C)Cc2scnc2C)s1. The summed E-state index contributed by atoms with van der Waals surface area (Å²) in [6.07, 6.45) is 1.19. The second kappa shape index (κ2) is 7.88. The molecular weight excluding hydrogens is 286 g/mol. The van der Waals surface area contributed by atoms with Gasteiger partial charge in [-0.2, -0.15) is 0 Å². The average molecular weight is 310 g/mol. The van der Waals surface area contributed by atoms with Gasteiger partial charge in [0, 0.05) is 34.3 Å². The average Bonchev–Trinajstić information content (AvgIpc) is 3.00. The molecule has 3 nitrogen and oxygen atoms in total.